The Morgan fingerprint density at radius 1 is 1.30 bits per heavy atom. The van der Waals surface area contributed by atoms with Crippen LogP contribution in [0, 0.1) is 12.7 Å². The molecular formula is C16H16FNOS. The molecule has 1 aliphatic carbocycles. The lowest BCUT2D eigenvalue weighted by molar-refractivity contribution is 0.102. The molecule has 0 spiro atoms. The Morgan fingerprint density at radius 2 is 2.10 bits per heavy atom. The minimum Gasteiger partial charge on any atom is -0.322 e. The van der Waals surface area contributed by atoms with Crippen LogP contribution in [0.3, 0.4) is 0 Å². The average molecular weight is 289 g/mol. The number of benzene rings is 1. The number of hydrogen-bond acceptors (Lipinski definition) is 2. The van der Waals surface area contributed by atoms with Crippen molar-refractivity contribution in [3.05, 3.63) is 51.0 Å². The zero-order valence-electron chi connectivity index (χ0n) is 11.3. The van der Waals surface area contributed by atoms with E-state index in [1.54, 1.807) is 24.3 Å². The van der Waals surface area contributed by atoms with Crippen LogP contribution >= 0.6 is 11.3 Å². The number of fused-ring (bicyclic) bond motifs is 1. The van der Waals surface area contributed by atoms with E-state index in [1.165, 1.54) is 29.0 Å². The lowest BCUT2D eigenvalue weighted by Gasteiger charge is -2.13. The maximum atomic E-state index is 13.1. The highest BCUT2D eigenvalue weighted by Gasteiger charge is 2.20. The summed E-state index contributed by atoms with van der Waals surface area (Å²) in [6.07, 6.45) is 4.44. The number of thiophene rings is 1. The number of carbonyl (C=O) groups is 1. The maximum Gasteiger partial charge on any atom is 0.256 e. The number of hydrogen-bond donors (Lipinski definition) is 1. The third kappa shape index (κ3) is 2.48. The van der Waals surface area contributed by atoms with Gasteiger partial charge in [-0.1, -0.05) is 0 Å². The molecule has 0 saturated heterocycles. The zero-order valence-corrected chi connectivity index (χ0v) is 12.1. The Labute approximate surface area is 121 Å². The van der Waals surface area contributed by atoms with E-state index in [-0.39, 0.29) is 11.7 Å². The third-order valence-corrected chi connectivity index (χ3v) is 4.83. The predicted octanol–water partition coefficient (Wildman–Crippen LogP) is 4.33. The van der Waals surface area contributed by atoms with Crippen molar-refractivity contribution < 1.29 is 9.18 Å². The van der Waals surface area contributed by atoms with Crippen LogP contribution in [0.4, 0.5) is 10.1 Å². The maximum absolute atomic E-state index is 13.1. The van der Waals surface area contributed by atoms with E-state index in [2.05, 4.69) is 5.32 Å². The first-order valence-electron chi connectivity index (χ1n) is 6.82. The van der Waals surface area contributed by atoms with E-state index in [1.807, 2.05) is 5.38 Å². The number of halogens is 1. The third-order valence-electron chi connectivity index (χ3n) is 3.74. The van der Waals surface area contributed by atoms with E-state index in [0.29, 0.717) is 5.69 Å². The molecule has 1 aliphatic rings. The standard InChI is InChI=1S/C16H16FNOS/c1-10-8-11(17)6-7-14(10)18-16(19)13-9-20-15-5-3-2-4-12(13)15/h6-9H,2-5H2,1H3,(H,18,19). The topological polar surface area (TPSA) is 29.1 Å². The van der Waals surface area contributed by atoms with Crippen LogP contribution in [-0.2, 0) is 12.8 Å². The molecule has 0 radical (unpaired) electrons. The Morgan fingerprint density at radius 3 is 2.90 bits per heavy atom. The summed E-state index contributed by atoms with van der Waals surface area (Å²) in [7, 11) is 0. The predicted molar refractivity (Wildman–Crippen MR) is 80.1 cm³/mol. The molecule has 0 saturated carbocycles. The average Bonchev–Trinajstić information content (AvgIpc) is 2.86. The Hall–Kier alpha value is -1.68. The normalized spacial score (nSPS) is 13.9. The van der Waals surface area contributed by atoms with Crippen molar-refractivity contribution in [1.82, 2.24) is 0 Å². The quantitative estimate of drug-likeness (QED) is 0.876. The van der Waals surface area contributed by atoms with Crippen molar-refractivity contribution in [1.29, 1.82) is 0 Å². The van der Waals surface area contributed by atoms with Crippen LogP contribution in [0.2, 0.25) is 0 Å². The molecule has 104 valence electrons. The molecule has 0 unspecified atom stereocenters. The first-order valence-corrected chi connectivity index (χ1v) is 7.70. The van der Waals surface area contributed by atoms with Gasteiger partial charge in [0.15, 0.2) is 0 Å². The summed E-state index contributed by atoms with van der Waals surface area (Å²) in [5.41, 5.74) is 3.40. The van der Waals surface area contributed by atoms with E-state index < -0.39 is 0 Å². The molecule has 2 nitrogen and oxygen atoms in total. The molecule has 0 fully saturated rings. The summed E-state index contributed by atoms with van der Waals surface area (Å²) < 4.78 is 13.1. The van der Waals surface area contributed by atoms with Gasteiger partial charge in [-0.2, -0.15) is 0 Å². The number of nitrogens with one attached hydrogen (secondary N) is 1. The van der Waals surface area contributed by atoms with E-state index in [9.17, 15) is 9.18 Å². The van der Waals surface area contributed by atoms with Gasteiger partial charge in [-0.3, -0.25) is 4.79 Å². The Bertz CT molecular complexity index is 662. The van der Waals surface area contributed by atoms with Gasteiger partial charge in [0.2, 0.25) is 0 Å². The molecule has 2 aromatic rings. The smallest absolute Gasteiger partial charge is 0.256 e. The van der Waals surface area contributed by atoms with Gasteiger partial charge in [0.05, 0.1) is 5.56 Å². The van der Waals surface area contributed by atoms with Gasteiger partial charge in [-0.25, -0.2) is 4.39 Å². The van der Waals surface area contributed by atoms with Crippen molar-refractivity contribution in [3.8, 4) is 0 Å². The number of aryl methyl sites for hydroxylation is 2. The fourth-order valence-corrected chi connectivity index (χ4v) is 3.77. The fourth-order valence-electron chi connectivity index (χ4n) is 2.64. The molecular weight excluding hydrogens is 273 g/mol. The van der Waals surface area contributed by atoms with Crippen molar-refractivity contribution >= 4 is 22.9 Å². The monoisotopic (exact) mass is 289 g/mol. The van der Waals surface area contributed by atoms with Crippen molar-refractivity contribution in [2.75, 3.05) is 5.32 Å². The molecule has 1 N–H and O–H groups in total. The lowest BCUT2D eigenvalue weighted by atomic mass is 9.95. The van der Waals surface area contributed by atoms with Crippen LogP contribution < -0.4 is 5.32 Å². The molecule has 0 aliphatic heterocycles. The molecule has 1 heterocycles. The summed E-state index contributed by atoms with van der Waals surface area (Å²) in [6.45, 7) is 1.79. The van der Waals surface area contributed by atoms with Gasteiger partial charge in [0.25, 0.3) is 5.91 Å². The fraction of sp³-hybridized carbons (Fsp3) is 0.312. The van der Waals surface area contributed by atoms with Crippen LogP contribution in [0.1, 0.15) is 39.2 Å². The van der Waals surface area contributed by atoms with E-state index in [4.69, 9.17) is 0 Å². The first-order chi connectivity index (χ1) is 9.65. The Kier molecular flexibility index (Phi) is 3.57. The lowest BCUT2D eigenvalue weighted by Crippen LogP contribution is -2.15. The van der Waals surface area contributed by atoms with Crippen LogP contribution in [0.5, 0.6) is 0 Å². The highest BCUT2D eigenvalue weighted by molar-refractivity contribution is 7.10. The number of anilines is 1. The second-order valence-electron chi connectivity index (χ2n) is 5.17. The molecule has 1 amide bonds. The second-order valence-corrected chi connectivity index (χ2v) is 6.14. The number of amides is 1. The SMILES string of the molecule is Cc1cc(F)ccc1NC(=O)c1csc2c1CCCC2. The van der Waals surface area contributed by atoms with Gasteiger partial charge in [-0.05, 0) is 61.9 Å². The molecule has 20 heavy (non-hydrogen) atoms. The van der Waals surface area contributed by atoms with Crippen molar-refractivity contribution in [2.45, 2.75) is 32.6 Å². The highest BCUT2D eigenvalue weighted by atomic mass is 32.1. The molecule has 4 heteroatoms. The number of carbonyl (C=O) groups excluding carboxylic acids is 1. The minimum atomic E-state index is -0.284. The van der Waals surface area contributed by atoms with Crippen LogP contribution in [-0.4, -0.2) is 5.91 Å². The summed E-state index contributed by atoms with van der Waals surface area (Å²) in [6, 6.07) is 4.41. The summed E-state index contributed by atoms with van der Waals surface area (Å²) in [5, 5.41) is 4.84. The number of rotatable bonds is 2. The first kappa shape index (κ1) is 13.3. The molecule has 1 aromatic heterocycles. The van der Waals surface area contributed by atoms with E-state index >= 15 is 0 Å². The van der Waals surface area contributed by atoms with E-state index in [0.717, 1.165) is 30.4 Å². The molecule has 0 atom stereocenters. The summed E-state index contributed by atoms with van der Waals surface area (Å²) in [4.78, 5) is 13.7. The van der Waals surface area contributed by atoms with Crippen LogP contribution in [0.15, 0.2) is 23.6 Å². The van der Waals surface area contributed by atoms with Crippen LogP contribution in [0.25, 0.3) is 0 Å². The minimum absolute atomic E-state index is 0.0842. The van der Waals surface area contributed by atoms with Gasteiger partial charge in [0, 0.05) is 15.9 Å². The zero-order chi connectivity index (χ0) is 14.1. The molecule has 0 bridgehead atoms. The summed E-state index contributed by atoms with van der Waals surface area (Å²) >= 11 is 1.68. The highest BCUT2D eigenvalue weighted by Crippen LogP contribution is 2.30. The van der Waals surface area contributed by atoms with Crippen molar-refractivity contribution in [2.24, 2.45) is 0 Å². The molecule has 3 rings (SSSR count). The largest absolute Gasteiger partial charge is 0.322 e. The summed E-state index contributed by atoms with van der Waals surface area (Å²) in [5.74, 6) is -0.368. The molecule has 1 aromatic carbocycles. The Balaban J connectivity index is 1.84. The van der Waals surface area contributed by atoms with Crippen molar-refractivity contribution in [3.63, 3.8) is 0 Å². The second kappa shape index (κ2) is 5.37. The van der Waals surface area contributed by atoms with Gasteiger partial charge in [0.1, 0.15) is 5.82 Å². The van der Waals surface area contributed by atoms with Gasteiger partial charge in [-0.15, -0.1) is 11.3 Å². The van der Waals surface area contributed by atoms with Gasteiger partial charge < -0.3 is 5.32 Å². The van der Waals surface area contributed by atoms with Gasteiger partial charge >= 0.3 is 0 Å².